The summed E-state index contributed by atoms with van der Waals surface area (Å²) in [5.74, 6) is 0.933. The molecular formula is C16H25N3O. The van der Waals surface area contributed by atoms with E-state index >= 15 is 0 Å². The molecule has 0 atom stereocenters. The number of hydrogen-bond acceptors (Lipinski definition) is 3. The Bertz CT molecular complexity index is 467. The first-order valence-corrected chi connectivity index (χ1v) is 7.69. The molecule has 0 radical (unpaired) electrons. The van der Waals surface area contributed by atoms with Crippen LogP contribution in [0.1, 0.15) is 55.6 Å². The third-order valence-corrected chi connectivity index (χ3v) is 3.93. The van der Waals surface area contributed by atoms with Gasteiger partial charge in [0, 0.05) is 30.4 Å². The van der Waals surface area contributed by atoms with E-state index in [2.05, 4.69) is 17.2 Å². The van der Waals surface area contributed by atoms with Gasteiger partial charge in [-0.3, -0.25) is 4.79 Å². The highest BCUT2D eigenvalue weighted by molar-refractivity contribution is 5.95. The van der Waals surface area contributed by atoms with Crippen molar-refractivity contribution in [2.24, 2.45) is 0 Å². The van der Waals surface area contributed by atoms with E-state index in [1.54, 1.807) is 0 Å². The summed E-state index contributed by atoms with van der Waals surface area (Å²) in [6.45, 7) is 7.62. The molecule has 1 aliphatic carbocycles. The van der Waals surface area contributed by atoms with Crippen LogP contribution in [0.5, 0.6) is 0 Å². The van der Waals surface area contributed by atoms with Gasteiger partial charge in [-0.05, 0) is 45.7 Å². The summed E-state index contributed by atoms with van der Waals surface area (Å²) in [6.07, 6.45) is 4.77. The number of amides is 1. The lowest BCUT2D eigenvalue weighted by atomic mass is 10.1. The molecule has 4 heteroatoms. The number of anilines is 1. The fourth-order valence-electron chi connectivity index (χ4n) is 3.01. The van der Waals surface area contributed by atoms with Gasteiger partial charge in [0.25, 0.3) is 5.91 Å². The monoisotopic (exact) mass is 275 g/mol. The minimum absolute atomic E-state index is 0.143. The molecule has 1 aromatic rings. The first kappa shape index (κ1) is 14.8. The summed E-state index contributed by atoms with van der Waals surface area (Å²) in [6, 6.07) is 4.18. The highest BCUT2D eigenvalue weighted by Crippen LogP contribution is 2.25. The molecule has 4 nitrogen and oxygen atoms in total. The first-order valence-electron chi connectivity index (χ1n) is 7.69. The molecule has 20 heavy (non-hydrogen) atoms. The zero-order valence-corrected chi connectivity index (χ0v) is 12.8. The van der Waals surface area contributed by atoms with E-state index < -0.39 is 0 Å². The number of nitrogens with one attached hydrogen (secondary N) is 1. The lowest BCUT2D eigenvalue weighted by molar-refractivity contribution is 0.0693. The Morgan fingerprint density at radius 3 is 2.65 bits per heavy atom. The summed E-state index contributed by atoms with van der Waals surface area (Å²) in [7, 11) is 0. The second-order valence-electron chi connectivity index (χ2n) is 5.44. The van der Waals surface area contributed by atoms with E-state index in [4.69, 9.17) is 0 Å². The molecule has 2 rings (SSSR count). The van der Waals surface area contributed by atoms with Crippen molar-refractivity contribution in [3.05, 3.63) is 23.4 Å². The Labute approximate surface area is 121 Å². The molecule has 0 spiro atoms. The number of carbonyl (C=O) groups excluding carboxylic acids is 1. The standard InChI is InChI=1S/C16H25N3O/c1-4-17-15-11-13(10-12(3)18-15)16(20)19(5-2)14-8-6-7-9-14/h10-11,14H,4-9H2,1-3H3,(H,17,18). The van der Waals surface area contributed by atoms with Crippen molar-refractivity contribution in [2.75, 3.05) is 18.4 Å². The summed E-state index contributed by atoms with van der Waals surface area (Å²) in [5, 5.41) is 3.19. The summed E-state index contributed by atoms with van der Waals surface area (Å²) in [5.41, 5.74) is 1.64. The van der Waals surface area contributed by atoms with E-state index in [0.717, 1.165) is 43.0 Å². The van der Waals surface area contributed by atoms with Crippen LogP contribution in [-0.4, -0.2) is 34.9 Å². The van der Waals surface area contributed by atoms with E-state index in [9.17, 15) is 4.79 Å². The molecule has 110 valence electrons. The molecular weight excluding hydrogens is 250 g/mol. The van der Waals surface area contributed by atoms with Crippen LogP contribution in [0.2, 0.25) is 0 Å². The molecule has 1 saturated carbocycles. The Balaban J connectivity index is 2.21. The largest absolute Gasteiger partial charge is 0.370 e. The van der Waals surface area contributed by atoms with Gasteiger partial charge in [-0.25, -0.2) is 4.98 Å². The predicted octanol–water partition coefficient (Wildman–Crippen LogP) is 3.23. The van der Waals surface area contributed by atoms with E-state index in [-0.39, 0.29) is 5.91 Å². The molecule has 0 saturated heterocycles. The number of carbonyl (C=O) groups is 1. The number of aryl methyl sites for hydroxylation is 1. The number of rotatable bonds is 5. The Hall–Kier alpha value is -1.58. The van der Waals surface area contributed by atoms with Gasteiger partial charge < -0.3 is 10.2 Å². The Kier molecular flexibility index (Phi) is 4.99. The Morgan fingerprint density at radius 2 is 2.05 bits per heavy atom. The van der Waals surface area contributed by atoms with E-state index in [1.807, 2.05) is 30.9 Å². The van der Waals surface area contributed by atoms with E-state index in [0.29, 0.717) is 6.04 Å². The van der Waals surface area contributed by atoms with Gasteiger partial charge in [-0.2, -0.15) is 0 Å². The van der Waals surface area contributed by atoms with Crippen LogP contribution >= 0.6 is 0 Å². The molecule has 1 aromatic heterocycles. The second kappa shape index (κ2) is 6.73. The number of hydrogen-bond donors (Lipinski definition) is 1. The maximum absolute atomic E-state index is 12.7. The zero-order chi connectivity index (χ0) is 14.5. The van der Waals surface area contributed by atoms with Crippen LogP contribution in [0.15, 0.2) is 12.1 Å². The van der Waals surface area contributed by atoms with Crippen molar-refractivity contribution >= 4 is 11.7 Å². The molecule has 0 bridgehead atoms. The van der Waals surface area contributed by atoms with Crippen molar-refractivity contribution in [1.29, 1.82) is 0 Å². The van der Waals surface area contributed by atoms with Crippen molar-refractivity contribution in [3.8, 4) is 0 Å². The molecule has 0 aromatic carbocycles. The molecule has 1 N–H and O–H groups in total. The van der Waals surface area contributed by atoms with E-state index in [1.165, 1.54) is 12.8 Å². The van der Waals surface area contributed by atoms with Crippen LogP contribution in [0.4, 0.5) is 5.82 Å². The smallest absolute Gasteiger partial charge is 0.254 e. The first-order chi connectivity index (χ1) is 9.65. The second-order valence-corrected chi connectivity index (χ2v) is 5.44. The summed E-state index contributed by atoms with van der Waals surface area (Å²) < 4.78 is 0. The quantitative estimate of drug-likeness (QED) is 0.897. The van der Waals surface area contributed by atoms with Gasteiger partial charge in [0.15, 0.2) is 0 Å². The fourth-order valence-corrected chi connectivity index (χ4v) is 3.01. The van der Waals surface area contributed by atoms with Crippen LogP contribution < -0.4 is 5.32 Å². The molecule has 1 amide bonds. The van der Waals surface area contributed by atoms with Gasteiger partial charge in [-0.1, -0.05) is 12.8 Å². The van der Waals surface area contributed by atoms with Crippen LogP contribution in [0.25, 0.3) is 0 Å². The predicted molar refractivity (Wildman–Crippen MR) is 82.1 cm³/mol. The van der Waals surface area contributed by atoms with Gasteiger partial charge in [-0.15, -0.1) is 0 Å². The minimum atomic E-state index is 0.143. The summed E-state index contributed by atoms with van der Waals surface area (Å²) >= 11 is 0. The average molecular weight is 275 g/mol. The maximum atomic E-state index is 12.7. The highest BCUT2D eigenvalue weighted by atomic mass is 16.2. The summed E-state index contributed by atoms with van der Waals surface area (Å²) in [4.78, 5) is 19.2. The minimum Gasteiger partial charge on any atom is -0.370 e. The number of nitrogens with zero attached hydrogens (tertiary/aromatic N) is 2. The van der Waals surface area contributed by atoms with Crippen LogP contribution in [0.3, 0.4) is 0 Å². The van der Waals surface area contributed by atoms with Gasteiger partial charge >= 0.3 is 0 Å². The molecule has 1 fully saturated rings. The highest BCUT2D eigenvalue weighted by Gasteiger charge is 2.26. The van der Waals surface area contributed by atoms with Gasteiger partial charge in [0.2, 0.25) is 0 Å². The number of pyridine rings is 1. The topological polar surface area (TPSA) is 45.2 Å². The van der Waals surface area contributed by atoms with Gasteiger partial charge in [0.1, 0.15) is 5.82 Å². The molecule has 1 aliphatic rings. The van der Waals surface area contributed by atoms with Crippen molar-refractivity contribution < 1.29 is 4.79 Å². The van der Waals surface area contributed by atoms with Crippen molar-refractivity contribution in [2.45, 2.75) is 52.5 Å². The Morgan fingerprint density at radius 1 is 1.35 bits per heavy atom. The zero-order valence-electron chi connectivity index (χ0n) is 12.8. The third-order valence-electron chi connectivity index (χ3n) is 3.93. The van der Waals surface area contributed by atoms with Crippen molar-refractivity contribution in [3.63, 3.8) is 0 Å². The normalized spacial score (nSPS) is 15.3. The molecule has 1 heterocycles. The molecule has 0 aliphatic heterocycles. The van der Waals surface area contributed by atoms with Crippen LogP contribution in [-0.2, 0) is 0 Å². The van der Waals surface area contributed by atoms with Gasteiger partial charge in [0.05, 0.1) is 0 Å². The third kappa shape index (κ3) is 3.30. The van der Waals surface area contributed by atoms with Crippen molar-refractivity contribution in [1.82, 2.24) is 9.88 Å². The lowest BCUT2D eigenvalue weighted by Gasteiger charge is -2.28. The lowest BCUT2D eigenvalue weighted by Crippen LogP contribution is -2.38. The SMILES string of the molecule is CCNc1cc(C(=O)N(CC)C2CCCC2)cc(C)n1. The average Bonchev–Trinajstić information content (AvgIpc) is 2.93. The van der Waals surface area contributed by atoms with Crippen LogP contribution in [0, 0.1) is 6.92 Å². The molecule has 0 unspecified atom stereocenters. The number of aromatic nitrogens is 1. The maximum Gasteiger partial charge on any atom is 0.254 e. The fraction of sp³-hybridized carbons (Fsp3) is 0.625.